The first-order valence-electron chi connectivity index (χ1n) is 4.04. The zero-order valence-corrected chi connectivity index (χ0v) is 8.04. The Morgan fingerprint density at radius 1 is 1.33 bits per heavy atom. The maximum absolute atomic E-state index is 11.2. The van der Waals surface area contributed by atoms with Gasteiger partial charge < -0.3 is 22.0 Å². The molecule has 80 valence electrons. The summed E-state index contributed by atoms with van der Waals surface area (Å²) < 4.78 is 0. The first-order valence-corrected chi connectivity index (χ1v) is 4.04. The number of aryl methyl sites for hydroxylation is 1. The van der Waals surface area contributed by atoms with Gasteiger partial charge in [-0.15, -0.1) is 0 Å². The molecule has 0 aliphatic carbocycles. The third kappa shape index (κ3) is 2.27. The number of anilines is 1. The van der Waals surface area contributed by atoms with Crippen LogP contribution in [0.1, 0.15) is 5.56 Å². The number of nitrogens with two attached hydrogens (primary N) is 2. The topological polar surface area (TPSA) is 128 Å². The molecule has 2 rings (SSSR count). The summed E-state index contributed by atoms with van der Waals surface area (Å²) >= 11 is 0. The molecule has 1 aromatic heterocycles. The van der Waals surface area contributed by atoms with Gasteiger partial charge in [-0.05, 0) is 23.4 Å². The second-order valence-corrected chi connectivity index (χ2v) is 2.84. The lowest BCUT2D eigenvalue weighted by Crippen LogP contribution is -2.33. The van der Waals surface area contributed by atoms with Gasteiger partial charge in [0.1, 0.15) is 5.52 Å². The van der Waals surface area contributed by atoms with Crippen molar-refractivity contribution < 1.29 is 4.85 Å². The van der Waals surface area contributed by atoms with Gasteiger partial charge >= 0.3 is 0 Å². The van der Waals surface area contributed by atoms with Crippen molar-refractivity contribution in [2.24, 2.45) is 5.90 Å². The van der Waals surface area contributed by atoms with Gasteiger partial charge in [-0.2, -0.15) is 0 Å². The average Bonchev–Trinajstić information content (AvgIpc) is 2.22. The highest BCUT2D eigenvalue weighted by Gasteiger charge is 2.07. The van der Waals surface area contributed by atoms with Gasteiger partial charge in [0.2, 0.25) is 0 Å². The van der Waals surface area contributed by atoms with E-state index in [4.69, 9.17) is 10.9 Å². The largest absolute Gasteiger partial charge is 0.790 e. The van der Waals surface area contributed by atoms with E-state index in [1.807, 2.05) is 13.0 Å². The zero-order chi connectivity index (χ0) is 11.4. The van der Waals surface area contributed by atoms with Crippen molar-refractivity contribution in [3.05, 3.63) is 34.2 Å². The van der Waals surface area contributed by atoms with E-state index in [1.54, 1.807) is 12.1 Å². The lowest BCUT2D eigenvalue weighted by Gasteiger charge is -1.99. The molecular weight excluding hydrogens is 198 g/mol. The number of rotatable bonds is 0. The molecular formula is C8H10N5O2-. The van der Waals surface area contributed by atoms with Crippen LogP contribution in [0, 0.1) is 17.3 Å². The maximum atomic E-state index is 11.2. The smallest absolute Gasteiger partial charge is 0.288 e. The fraction of sp³-hybridized carbons (Fsp3) is 0.125. The van der Waals surface area contributed by atoms with Gasteiger partial charge in [-0.3, -0.25) is 0 Å². The Balaban J connectivity index is 0.000000531. The Bertz CT molecular complexity index is 474. The molecule has 0 amide bonds. The SMILES string of the molecule is Cc1ccc2nc(N)n[n+]([O-])c2c1.N[O-]. The molecule has 0 saturated carbocycles. The summed E-state index contributed by atoms with van der Waals surface area (Å²) in [5, 5.41) is 22.5. The fourth-order valence-electron chi connectivity index (χ4n) is 1.17. The van der Waals surface area contributed by atoms with Crippen LogP contribution in [0.25, 0.3) is 11.0 Å². The van der Waals surface area contributed by atoms with Crippen molar-refractivity contribution in [2.75, 3.05) is 5.73 Å². The first-order chi connectivity index (χ1) is 7.16. The maximum Gasteiger partial charge on any atom is 0.288 e. The quantitative estimate of drug-likeness (QED) is 0.344. The molecule has 1 aromatic carbocycles. The summed E-state index contributed by atoms with van der Waals surface area (Å²) in [6.45, 7) is 1.90. The molecule has 1 heterocycles. The molecule has 0 unspecified atom stereocenters. The second-order valence-electron chi connectivity index (χ2n) is 2.84. The Labute approximate surface area is 85.5 Å². The minimum atomic E-state index is -0.00801. The van der Waals surface area contributed by atoms with Crippen LogP contribution >= 0.6 is 0 Å². The Morgan fingerprint density at radius 2 is 2.00 bits per heavy atom. The number of nitrogen functional groups attached to an aromatic ring is 1. The van der Waals surface area contributed by atoms with E-state index in [0.29, 0.717) is 15.9 Å². The van der Waals surface area contributed by atoms with E-state index < -0.39 is 0 Å². The summed E-state index contributed by atoms with van der Waals surface area (Å²) in [7, 11) is 0. The number of fused-ring (bicyclic) bond motifs is 1. The molecule has 0 atom stereocenters. The Hall–Kier alpha value is -1.99. The molecule has 0 bridgehead atoms. The first kappa shape index (κ1) is 11.1. The highest BCUT2D eigenvalue weighted by Crippen LogP contribution is 2.09. The zero-order valence-electron chi connectivity index (χ0n) is 8.04. The second kappa shape index (κ2) is 4.49. The highest BCUT2D eigenvalue weighted by molar-refractivity contribution is 5.72. The molecule has 7 heteroatoms. The van der Waals surface area contributed by atoms with Crippen LogP contribution < -0.4 is 16.5 Å². The summed E-state index contributed by atoms with van der Waals surface area (Å²) in [6, 6.07) is 5.34. The summed E-state index contributed by atoms with van der Waals surface area (Å²) in [6.07, 6.45) is 0. The van der Waals surface area contributed by atoms with Crippen molar-refractivity contribution in [3.8, 4) is 0 Å². The average molecular weight is 208 g/mol. The monoisotopic (exact) mass is 208 g/mol. The van der Waals surface area contributed by atoms with E-state index in [1.165, 1.54) is 0 Å². The third-order valence-corrected chi connectivity index (χ3v) is 1.77. The van der Waals surface area contributed by atoms with Gasteiger partial charge in [0, 0.05) is 6.07 Å². The molecule has 15 heavy (non-hydrogen) atoms. The normalized spacial score (nSPS) is 9.53. The fourth-order valence-corrected chi connectivity index (χ4v) is 1.17. The van der Waals surface area contributed by atoms with E-state index in [2.05, 4.69) is 16.0 Å². The molecule has 0 radical (unpaired) electrons. The minimum absolute atomic E-state index is 0.00801. The lowest BCUT2D eigenvalue weighted by molar-refractivity contribution is -0.641. The van der Waals surface area contributed by atoms with Crippen molar-refractivity contribution in [3.63, 3.8) is 0 Å². The highest BCUT2D eigenvalue weighted by atomic mass is 16.5. The van der Waals surface area contributed by atoms with Crippen molar-refractivity contribution in [2.45, 2.75) is 6.92 Å². The van der Waals surface area contributed by atoms with Crippen LogP contribution in [0.15, 0.2) is 18.2 Å². The summed E-state index contributed by atoms with van der Waals surface area (Å²) in [4.78, 5) is 4.41. The van der Waals surface area contributed by atoms with Gasteiger partial charge in [-0.25, -0.2) is 4.98 Å². The molecule has 4 N–H and O–H groups in total. The van der Waals surface area contributed by atoms with Crippen LogP contribution in [0.2, 0.25) is 0 Å². The molecule has 0 spiro atoms. The van der Waals surface area contributed by atoms with Gasteiger partial charge in [-0.1, -0.05) is 6.07 Å². The molecule has 0 fully saturated rings. The third-order valence-electron chi connectivity index (χ3n) is 1.77. The minimum Gasteiger partial charge on any atom is -0.790 e. The molecule has 7 nitrogen and oxygen atoms in total. The standard InChI is InChI=1S/C8H8N4O.H2NO/c1-5-2-3-6-7(4-5)12(13)11-8(9)10-6;1-2/h2-4H,1H3,(H2,9,10,11);1H2/q;-1. The van der Waals surface area contributed by atoms with Crippen LogP contribution in [0.3, 0.4) is 0 Å². The summed E-state index contributed by atoms with van der Waals surface area (Å²) in [5.74, 6) is 3.24. The predicted molar refractivity (Wildman–Crippen MR) is 55.2 cm³/mol. The van der Waals surface area contributed by atoms with Crippen LogP contribution in [0.4, 0.5) is 5.95 Å². The number of hydrogen-bond acceptors (Lipinski definition) is 6. The van der Waals surface area contributed by atoms with Crippen molar-refractivity contribution >= 4 is 17.0 Å². The van der Waals surface area contributed by atoms with Gasteiger partial charge in [0.25, 0.3) is 11.5 Å². The summed E-state index contributed by atoms with van der Waals surface area (Å²) in [5.41, 5.74) is 7.31. The van der Waals surface area contributed by atoms with E-state index in [9.17, 15) is 5.21 Å². The Morgan fingerprint density at radius 3 is 2.67 bits per heavy atom. The molecule has 2 aromatic rings. The van der Waals surface area contributed by atoms with Crippen LogP contribution in [-0.2, 0) is 0 Å². The number of hydrogen-bond donors (Lipinski definition) is 2. The molecule has 0 aliphatic rings. The molecule has 0 aliphatic heterocycles. The van der Waals surface area contributed by atoms with E-state index in [0.717, 1.165) is 5.56 Å². The number of aromatic nitrogens is 3. The lowest BCUT2D eigenvalue weighted by atomic mass is 10.2. The number of nitrogens with zero attached hydrogens (tertiary/aromatic N) is 3. The van der Waals surface area contributed by atoms with Gasteiger partial charge in [0.15, 0.2) is 0 Å². The molecule has 0 saturated heterocycles. The van der Waals surface area contributed by atoms with E-state index in [-0.39, 0.29) is 5.95 Å². The van der Waals surface area contributed by atoms with Crippen LogP contribution in [-0.4, -0.2) is 10.1 Å². The van der Waals surface area contributed by atoms with Crippen molar-refractivity contribution in [1.82, 2.24) is 10.1 Å². The Kier molecular flexibility index (Phi) is 3.32. The van der Waals surface area contributed by atoms with Crippen LogP contribution in [0.5, 0.6) is 0 Å². The predicted octanol–water partition coefficient (Wildman–Crippen LogP) is -0.403. The van der Waals surface area contributed by atoms with Gasteiger partial charge in [0.05, 0.1) is 5.10 Å². The number of benzene rings is 1. The van der Waals surface area contributed by atoms with E-state index >= 15 is 0 Å². The van der Waals surface area contributed by atoms with Crippen molar-refractivity contribution in [1.29, 1.82) is 0 Å².